The van der Waals surface area contributed by atoms with Gasteiger partial charge in [-0.05, 0) is 24.6 Å². The second kappa shape index (κ2) is 3.42. The van der Waals surface area contributed by atoms with Crippen LogP contribution < -0.4 is 4.74 Å². The summed E-state index contributed by atoms with van der Waals surface area (Å²) in [7, 11) is 1.65. The van der Waals surface area contributed by atoms with Gasteiger partial charge in [-0.3, -0.25) is 4.79 Å². The van der Waals surface area contributed by atoms with Gasteiger partial charge in [0.2, 0.25) is 0 Å². The number of aryl methyl sites for hydroxylation is 1. The Morgan fingerprint density at radius 1 is 1.43 bits per heavy atom. The van der Waals surface area contributed by atoms with E-state index >= 15 is 0 Å². The third-order valence-corrected chi connectivity index (χ3v) is 3.46. The number of thiophene rings is 1. The quantitative estimate of drug-likeness (QED) is 0.706. The lowest BCUT2D eigenvalue weighted by Gasteiger charge is -2.01. The van der Waals surface area contributed by atoms with Crippen molar-refractivity contribution in [1.29, 1.82) is 0 Å². The molecule has 0 amide bonds. The van der Waals surface area contributed by atoms with Crippen molar-refractivity contribution in [2.45, 2.75) is 6.92 Å². The zero-order valence-corrected chi connectivity index (χ0v) is 8.85. The highest BCUT2D eigenvalue weighted by Gasteiger charge is 2.11. The van der Waals surface area contributed by atoms with Crippen LogP contribution in [-0.2, 0) is 0 Å². The zero-order valence-electron chi connectivity index (χ0n) is 8.03. The van der Waals surface area contributed by atoms with E-state index in [-0.39, 0.29) is 0 Å². The third kappa shape index (κ3) is 1.21. The van der Waals surface area contributed by atoms with E-state index in [2.05, 4.69) is 0 Å². The first kappa shape index (κ1) is 9.21. The van der Waals surface area contributed by atoms with Gasteiger partial charge in [-0.25, -0.2) is 0 Å². The number of hydrogen-bond donors (Lipinski definition) is 0. The molecule has 0 radical (unpaired) electrons. The number of fused-ring (bicyclic) bond motifs is 1. The van der Waals surface area contributed by atoms with E-state index < -0.39 is 0 Å². The standard InChI is InChI=1S/C11H10O2S/c1-7-10(6-12)14-9-5-3-4-8(13-2)11(7)9/h3-6H,1-2H3. The van der Waals surface area contributed by atoms with Gasteiger partial charge in [0.1, 0.15) is 5.75 Å². The normalized spacial score (nSPS) is 10.4. The molecule has 0 fully saturated rings. The molecule has 1 heterocycles. The summed E-state index contributed by atoms with van der Waals surface area (Å²) in [5.74, 6) is 0.837. The molecule has 0 aliphatic heterocycles. The van der Waals surface area contributed by atoms with Gasteiger partial charge in [0.05, 0.1) is 12.0 Å². The third-order valence-electron chi connectivity index (χ3n) is 2.28. The molecule has 0 atom stereocenters. The topological polar surface area (TPSA) is 26.3 Å². The molecule has 1 aromatic heterocycles. The van der Waals surface area contributed by atoms with E-state index in [1.807, 2.05) is 25.1 Å². The van der Waals surface area contributed by atoms with Gasteiger partial charge in [-0.15, -0.1) is 11.3 Å². The molecular formula is C11H10O2S. The van der Waals surface area contributed by atoms with Crippen LogP contribution in [0.1, 0.15) is 15.2 Å². The summed E-state index contributed by atoms with van der Waals surface area (Å²) >= 11 is 1.51. The molecule has 2 rings (SSSR count). The molecule has 72 valence electrons. The van der Waals surface area contributed by atoms with Gasteiger partial charge in [0, 0.05) is 10.1 Å². The maximum Gasteiger partial charge on any atom is 0.160 e. The molecule has 0 saturated carbocycles. The highest BCUT2D eigenvalue weighted by atomic mass is 32.1. The minimum Gasteiger partial charge on any atom is -0.496 e. The molecule has 0 saturated heterocycles. The van der Waals surface area contributed by atoms with Crippen LogP contribution in [0.2, 0.25) is 0 Å². The second-order valence-corrected chi connectivity index (χ2v) is 4.13. The zero-order chi connectivity index (χ0) is 10.1. The van der Waals surface area contributed by atoms with Gasteiger partial charge in [0.15, 0.2) is 6.29 Å². The molecule has 0 unspecified atom stereocenters. The van der Waals surface area contributed by atoms with Crippen molar-refractivity contribution >= 4 is 27.7 Å². The van der Waals surface area contributed by atoms with Crippen molar-refractivity contribution in [3.63, 3.8) is 0 Å². The molecule has 2 aromatic rings. The summed E-state index contributed by atoms with van der Waals surface area (Å²) in [6, 6.07) is 5.85. The molecule has 0 bridgehead atoms. The van der Waals surface area contributed by atoms with Gasteiger partial charge in [-0.2, -0.15) is 0 Å². The molecule has 0 spiro atoms. The summed E-state index contributed by atoms with van der Waals surface area (Å²) in [5.41, 5.74) is 1.01. The van der Waals surface area contributed by atoms with Crippen molar-refractivity contribution in [3.8, 4) is 5.75 Å². The Balaban J connectivity index is 2.85. The van der Waals surface area contributed by atoms with Gasteiger partial charge in [-0.1, -0.05) is 6.07 Å². The Morgan fingerprint density at radius 2 is 2.21 bits per heavy atom. The Kier molecular flexibility index (Phi) is 2.25. The highest BCUT2D eigenvalue weighted by Crippen LogP contribution is 2.35. The van der Waals surface area contributed by atoms with Crippen molar-refractivity contribution in [2.24, 2.45) is 0 Å². The predicted molar refractivity (Wildman–Crippen MR) is 58.5 cm³/mol. The Bertz CT molecular complexity index is 485. The van der Waals surface area contributed by atoms with Crippen LogP contribution in [0.3, 0.4) is 0 Å². The smallest absolute Gasteiger partial charge is 0.160 e. The van der Waals surface area contributed by atoms with E-state index in [0.29, 0.717) is 0 Å². The maximum atomic E-state index is 10.8. The number of ether oxygens (including phenoxy) is 1. The SMILES string of the molecule is COc1cccc2sc(C=O)c(C)c12. The minimum atomic E-state index is 0.782. The number of aldehydes is 1. The summed E-state index contributed by atoms with van der Waals surface area (Å²) in [6.45, 7) is 1.95. The predicted octanol–water partition coefficient (Wildman–Crippen LogP) is 3.03. The number of benzene rings is 1. The first-order chi connectivity index (χ1) is 6.77. The fourth-order valence-electron chi connectivity index (χ4n) is 1.57. The molecule has 14 heavy (non-hydrogen) atoms. The van der Waals surface area contributed by atoms with Crippen molar-refractivity contribution in [2.75, 3.05) is 7.11 Å². The number of carbonyl (C=O) groups excluding carboxylic acids is 1. The molecule has 0 aliphatic rings. The summed E-state index contributed by atoms with van der Waals surface area (Å²) in [5, 5.41) is 1.06. The summed E-state index contributed by atoms with van der Waals surface area (Å²) < 4.78 is 6.36. The van der Waals surface area contributed by atoms with Crippen LogP contribution in [-0.4, -0.2) is 13.4 Å². The average Bonchev–Trinajstić information content (AvgIpc) is 2.55. The molecule has 3 heteroatoms. The van der Waals surface area contributed by atoms with E-state index in [1.165, 1.54) is 11.3 Å². The van der Waals surface area contributed by atoms with Gasteiger partial charge < -0.3 is 4.74 Å². The van der Waals surface area contributed by atoms with Crippen molar-refractivity contribution < 1.29 is 9.53 Å². The fraction of sp³-hybridized carbons (Fsp3) is 0.182. The van der Waals surface area contributed by atoms with Crippen LogP contribution in [0.4, 0.5) is 0 Å². The molecule has 0 N–H and O–H groups in total. The molecule has 2 nitrogen and oxygen atoms in total. The Labute approximate surface area is 86.1 Å². The van der Waals surface area contributed by atoms with E-state index in [4.69, 9.17) is 4.74 Å². The number of carbonyl (C=O) groups is 1. The average molecular weight is 206 g/mol. The lowest BCUT2D eigenvalue weighted by atomic mass is 10.1. The van der Waals surface area contributed by atoms with Crippen molar-refractivity contribution in [3.05, 3.63) is 28.6 Å². The lowest BCUT2D eigenvalue weighted by Crippen LogP contribution is -1.84. The number of rotatable bonds is 2. The van der Waals surface area contributed by atoms with Gasteiger partial charge in [0.25, 0.3) is 0 Å². The molecule has 1 aromatic carbocycles. The van der Waals surface area contributed by atoms with E-state index in [0.717, 1.165) is 32.6 Å². The minimum absolute atomic E-state index is 0.782. The number of hydrogen-bond acceptors (Lipinski definition) is 3. The van der Waals surface area contributed by atoms with Crippen LogP contribution in [0.5, 0.6) is 5.75 Å². The van der Waals surface area contributed by atoms with Crippen molar-refractivity contribution in [1.82, 2.24) is 0 Å². The first-order valence-corrected chi connectivity index (χ1v) is 5.11. The number of methoxy groups -OCH3 is 1. The lowest BCUT2D eigenvalue weighted by molar-refractivity contribution is 0.112. The van der Waals surface area contributed by atoms with E-state index in [1.54, 1.807) is 7.11 Å². The fourth-order valence-corrected chi connectivity index (χ4v) is 2.61. The van der Waals surface area contributed by atoms with Crippen LogP contribution in [0.25, 0.3) is 10.1 Å². The molecule has 0 aliphatic carbocycles. The summed E-state index contributed by atoms with van der Waals surface area (Å²) in [6.07, 6.45) is 0.902. The van der Waals surface area contributed by atoms with Crippen LogP contribution >= 0.6 is 11.3 Å². The maximum absolute atomic E-state index is 10.8. The first-order valence-electron chi connectivity index (χ1n) is 4.29. The van der Waals surface area contributed by atoms with Crippen LogP contribution in [0.15, 0.2) is 18.2 Å². The summed E-state index contributed by atoms with van der Waals surface area (Å²) in [4.78, 5) is 11.5. The van der Waals surface area contributed by atoms with Gasteiger partial charge >= 0.3 is 0 Å². The largest absolute Gasteiger partial charge is 0.496 e. The Hall–Kier alpha value is -1.35. The monoisotopic (exact) mass is 206 g/mol. The Morgan fingerprint density at radius 3 is 2.86 bits per heavy atom. The molecular weight excluding hydrogens is 196 g/mol. The highest BCUT2D eigenvalue weighted by molar-refractivity contribution is 7.20. The van der Waals surface area contributed by atoms with Crippen LogP contribution in [0, 0.1) is 6.92 Å². The van der Waals surface area contributed by atoms with E-state index in [9.17, 15) is 4.79 Å². The second-order valence-electron chi connectivity index (χ2n) is 3.04.